The Morgan fingerprint density at radius 2 is 1.55 bits per heavy atom. The smallest absolute Gasteiger partial charge is 0.261 e. The largest absolute Gasteiger partial charge is 0.345 e. The zero-order chi connectivity index (χ0) is 16.3. The van der Waals surface area contributed by atoms with Crippen molar-refractivity contribution < 1.29 is 13.2 Å². The molecule has 5 nitrogen and oxygen atoms in total. The summed E-state index contributed by atoms with van der Waals surface area (Å²) >= 11 is 5.74. The Morgan fingerprint density at radius 1 is 1.00 bits per heavy atom. The molecule has 0 saturated carbocycles. The van der Waals surface area contributed by atoms with Gasteiger partial charge in [-0.2, -0.15) is 0 Å². The van der Waals surface area contributed by atoms with Crippen molar-refractivity contribution >= 4 is 33.2 Å². The van der Waals surface area contributed by atoms with E-state index in [1.54, 1.807) is 38.4 Å². The first-order chi connectivity index (χ1) is 10.3. The molecule has 2 aromatic carbocycles. The molecule has 0 unspecified atom stereocenters. The van der Waals surface area contributed by atoms with Crippen molar-refractivity contribution in [3.8, 4) is 0 Å². The molecular weight excluding hydrogens is 324 g/mol. The lowest BCUT2D eigenvalue weighted by atomic mass is 10.2. The highest BCUT2D eigenvalue weighted by molar-refractivity contribution is 7.92. The SMILES string of the molecule is CN(C)C(=O)c1ccc(NS(=O)(=O)c2ccc(Cl)cc2)cc1. The standard InChI is InChI=1S/C15H15ClN2O3S/c1-18(2)15(19)11-3-7-13(8-4-11)17-22(20,21)14-9-5-12(16)6-10-14/h3-10,17H,1-2H3. The fourth-order valence-corrected chi connectivity index (χ4v) is 2.95. The topological polar surface area (TPSA) is 66.5 Å². The Labute approximate surface area is 134 Å². The predicted molar refractivity (Wildman–Crippen MR) is 86.7 cm³/mol. The van der Waals surface area contributed by atoms with Gasteiger partial charge >= 0.3 is 0 Å². The summed E-state index contributed by atoms with van der Waals surface area (Å²) in [5.74, 6) is -0.146. The van der Waals surface area contributed by atoms with Crippen molar-refractivity contribution in [3.05, 3.63) is 59.1 Å². The molecule has 0 aromatic heterocycles. The van der Waals surface area contributed by atoms with E-state index >= 15 is 0 Å². The number of amides is 1. The number of anilines is 1. The summed E-state index contributed by atoms with van der Waals surface area (Å²) in [7, 11) is -0.379. The second kappa shape index (κ2) is 6.37. The molecular formula is C15H15ClN2O3S. The molecule has 0 spiro atoms. The number of benzene rings is 2. The highest BCUT2D eigenvalue weighted by Crippen LogP contribution is 2.19. The molecule has 0 aliphatic carbocycles. The van der Waals surface area contributed by atoms with E-state index in [4.69, 9.17) is 11.6 Å². The lowest BCUT2D eigenvalue weighted by Crippen LogP contribution is -2.21. The van der Waals surface area contributed by atoms with Crippen molar-refractivity contribution in [2.75, 3.05) is 18.8 Å². The van der Waals surface area contributed by atoms with E-state index in [1.807, 2.05) is 0 Å². The minimum Gasteiger partial charge on any atom is -0.345 e. The van der Waals surface area contributed by atoms with Gasteiger partial charge in [0.25, 0.3) is 15.9 Å². The van der Waals surface area contributed by atoms with E-state index in [1.165, 1.54) is 29.2 Å². The first-order valence-corrected chi connectivity index (χ1v) is 8.26. The van der Waals surface area contributed by atoms with Crippen molar-refractivity contribution in [2.24, 2.45) is 0 Å². The summed E-state index contributed by atoms with van der Waals surface area (Å²) in [6.07, 6.45) is 0. The van der Waals surface area contributed by atoms with Gasteiger partial charge in [0.15, 0.2) is 0 Å². The molecule has 0 fully saturated rings. The third kappa shape index (κ3) is 3.78. The number of hydrogen-bond donors (Lipinski definition) is 1. The molecule has 0 atom stereocenters. The average molecular weight is 339 g/mol. The van der Waals surface area contributed by atoms with Crippen LogP contribution in [0.25, 0.3) is 0 Å². The van der Waals surface area contributed by atoms with Gasteiger partial charge < -0.3 is 4.90 Å². The Kier molecular flexibility index (Phi) is 4.73. The number of rotatable bonds is 4. The maximum absolute atomic E-state index is 12.2. The lowest BCUT2D eigenvalue weighted by Gasteiger charge is -2.11. The second-order valence-electron chi connectivity index (χ2n) is 4.84. The molecule has 2 aromatic rings. The highest BCUT2D eigenvalue weighted by atomic mass is 35.5. The number of halogens is 1. The fourth-order valence-electron chi connectivity index (χ4n) is 1.77. The zero-order valence-electron chi connectivity index (χ0n) is 12.1. The maximum Gasteiger partial charge on any atom is 0.261 e. The van der Waals surface area contributed by atoms with E-state index < -0.39 is 10.0 Å². The molecule has 7 heteroatoms. The molecule has 0 aliphatic rings. The van der Waals surface area contributed by atoms with Crippen molar-refractivity contribution in [1.29, 1.82) is 0 Å². The quantitative estimate of drug-likeness (QED) is 0.932. The van der Waals surface area contributed by atoms with Crippen LogP contribution in [0.5, 0.6) is 0 Å². The predicted octanol–water partition coefficient (Wildman–Crippen LogP) is 2.84. The van der Waals surface area contributed by atoms with E-state index in [0.717, 1.165) is 0 Å². The molecule has 2 rings (SSSR count). The van der Waals surface area contributed by atoms with Crippen LogP contribution in [-0.2, 0) is 10.0 Å². The summed E-state index contributed by atoms with van der Waals surface area (Å²) < 4.78 is 26.9. The lowest BCUT2D eigenvalue weighted by molar-refractivity contribution is 0.0827. The summed E-state index contributed by atoms with van der Waals surface area (Å²) in [5.41, 5.74) is 0.865. The third-order valence-electron chi connectivity index (χ3n) is 2.91. The van der Waals surface area contributed by atoms with Gasteiger partial charge in [0.05, 0.1) is 4.90 Å². The number of hydrogen-bond acceptors (Lipinski definition) is 3. The van der Waals surface area contributed by atoms with Gasteiger partial charge in [-0.05, 0) is 48.5 Å². The minimum absolute atomic E-state index is 0.116. The average Bonchev–Trinajstić information content (AvgIpc) is 2.47. The molecule has 22 heavy (non-hydrogen) atoms. The van der Waals surface area contributed by atoms with E-state index in [-0.39, 0.29) is 10.8 Å². The summed E-state index contributed by atoms with van der Waals surface area (Å²) in [5, 5.41) is 0.463. The Bertz CT molecular complexity index is 769. The van der Waals surface area contributed by atoms with E-state index in [0.29, 0.717) is 16.3 Å². The number of nitrogens with one attached hydrogen (secondary N) is 1. The molecule has 0 bridgehead atoms. The Morgan fingerprint density at radius 3 is 2.05 bits per heavy atom. The fraction of sp³-hybridized carbons (Fsp3) is 0.133. The van der Waals surface area contributed by atoms with Crippen LogP contribution in [0.1, 0.15) is 10.4 Å². The van der Waals surface area contributed by atoms with Crippen LogP contribution in [0.15, 0.2) is 53.4 Å². The molecule has 1 amide bonds. The highest BCUT2D eigenvalue weighted by Gasteiger charge is 2.14. The van der Waals surface area contributed by atoms with Gasteiger partial charge in [-0.1, -0.05) is 11.6 Å². The maximum atomic E-state index is 12.2. The molecule has 0 heterocycles. The zero-order valence-corrected chi connectivity index (χ0v) is 13.6. The van der Waals surface area contributed by atoms with Gasteiger partial charge in [-0.25, -0.2) is 8.42 Å². The summed E-state index contributed by atoms with van der Waals surface area (Å²) in [6, 6.07) is 12.1. The Hall–Kier alpha value is -2.05. The normalized spacial score (nSPS) is 11.0. The van der Waals surface area contributed by atoms with Gasteiger partial charge in [-0.3, -0.25) is 9.52 Å². The first-order valence-electron chi connectivity index (χ1n) is 6.40. The Balaban J connectivity index is 2.20. The van der Waals surface area contributed by atoms with E-state index in [2.05, 4.69) is 4.72 Å². The van der Waals surface area contributed by atoms with Crippen molar-refractivity contribution in [3.63, 3.8) is 0 Å². The number of carbonyl (C=O) groups excluding carboxylic acids is 1. The second-order valence-corrected chi connectivity index (χ2v) is 6.96. The van der Waals surface area contributed by atoms with Crippen LogP contribution >= 0.6 is 11.6 Å². The van der Waals surface area contributed by atoms with Crippen molar-refractivity contribution in [1.82, 2.24) is 4.90 Å². The summed E-state index contributed by atoms with van der Waals surface area (Å²) in [6.45, 7) is 0. The minimum atomic E-state index is -3.68. The van der Waals surface area contributed by atoms with Gasteiger partial charge in [-0.15, -0.1) is 0 Å². The van der Waals surface area contributed by atoms with Crippen LogP contribution in [-0.4, -0.2) is 33.3 Å². The molecule has 0 aliphatic heterocycles. The van der Waals surface area contributed by atoms with E-state index in [9.17, 15) is 13.2 Å². The monoisotopic (exact) mass is 338 g/mol. The van der Waals surface area contributed by atoms with Crippen LogP contribution < -0.4 is 4.72 Å². The molecule has 0 radical (unpaired) electrons. The third-order valence-corrected chi connectivity index (χ3v) is 4.56. The molecule has 1 N–H and O–H groups in total. The van der Waals surface area contributed by atoms with Gasteiger partial charge in [0.1, 0.15) is 0 Å². The van der Waals surface area contributed by atoms with Crippen molar-refractivity contribution in [2.45, 2.75) is 4.90 Å². The van der Waals surface area contributed by atoms with Crippen LogP contribution in [0.3, 0.4) is 0 Å². The van der Waals surface area contributed by atoms with Crippen LogP contribution in [0.4, 0.5) is 5.69 Å². The number of nitrogens with zero attached hydrogens (tertiary/aromatic N) is 1. The number of carbonyl (C=O) groups is 1. The van der Waals surface area contributed by atoms with Gasteiger partial charge in [0, 0.05) is 30.4 Å². The van der Waals surface area contributed by atoms with Gasteiger partial charge in [0.2, 0.25) is 0 Å². The molecule has 116 valence electrons. The number of sulfonamides is 1. The van der Waals surface area contributed by atoms with Crippen LogP contribution in [0.2, 0.25) is 5.02 Å². The summed E-state index contributed by atoms with van der Waals surface area (Å²) in [4.78, 5) is 13.3. The van der Waals surface area contributed by atoms with Crippen LogP contribution in [0, 0.1) is 0 Å². The first kappa shape index (κ1) is 16.3. The molecule has 0 saturated heterocycles.